The minimum absolute atomic E-state index is 0.0188. The van der Waals surface area contributed by atoms with E-state index in [1.165, 1.54) is 38.5 Å². The molecular weight excluding hydrogens is 314 g/mol. The third-order valence-electron chi connectivity index (χ3n) is 8.81. The quantitative estimate of drug-likeness (QED) is 0.740. The van der Waals surface area contributed by atoms with E-state index in [1.54, 1.807) is 4.90 Å². The molecule has 6 bridgehead atoms. The topological polar surface area (TPSA) is 46.6 Å². The molecule has 2 amide bonds. The molecule has 4 heteroatoms. The van der Waals surface area contributed by atoms with Crippen molar-refractivity contribution in [1.29, 1.82) is 0 Å². The second kappa shape index (κ2) is 4.88. The summed E-state index contributed by atoms with van der Waals surface area (Å²) in [5.74, 6) is 2.48. The lowest BCUT2D eigenvalue weighted by Gasteiger charge is -2.60. The van der Waals surface area contributed by atoms with Crippen molar-refractivity contribution < 1.29 is 14.3 Å². The average molecular weight is 343 g/mol. The van der Waals surface area contributed by atoms with E-state index in [9.17, 15) is 9.59 Å². The third kappa shape index (κ3) is 1.82. The normalized spacial score (nSPS) is 53.8. The van der Waals surface area contributed by atoms with Gasteiger partial charge in [0.25, 0.3) is 0 Å². The molecule has 0 radical (unpaired) electrons. The highest BCUT2D eigenvalue weighted by Gasteiger charge is 2.65. The molecule has 3 aliphatic heterocycles. The molecule has 0 aromatic rings. The van der Waals surface area contributed by atoms with Crippen LogP contribution >= 0.6 is 0 Å². The number of imide groups is 1. The summed E-state index contributed by atoms with van der Waals surface area (Å²) < 4.78 is 5.92. The molecule has 25 heavy (non-hydrogen) atoms. The number of amides is 2. The summed E-state index contributed by atoms with van der Waals surface area (Å²) in [6.07, 6.45) is 10.9. The molecular formula is C21H29NO3. The molecule has 4 aliphatic carbocycles. The van der Waals surface area contributed by atoms with E-state index < -0.39 is 0 Å². The van der Waals surface area contributed by atoms with Crippen LogP contribution in [0.4, 0.5) is 0 Å². The van der Waals surface area contributed by atoms with Crippen molar-refractivity contribution in [3.63, 3.8) is 0 Å². The van der Waals surface area contributed by atoms with Crippen LogP contribution in [0.1, 0.15) is 64.7 Å². The number of rotatable bonds is 3. The fraction of sp³-hybridized carbons (Fsp3) is 0.905. The van der Waals surface area contributed by atoms with Gasteiger partial charge in [-0.3, -0.25) is 14.5 Å². The summed E-state index contributed by atoms with van der Waals surface area (Å²) in [5, 5.41) is 0. The highest BCUT2D eigenvalue weighted by molar-refractivity contribution is 6.06. The van der Waals surface area contributed by atoms with Crippen molar-refractivity contribution in [3.8, 4) is 0 Å². The summed E-state index contributed by atoms with van der Waals surface area (Å²) in [7, 11) is 0. The maximum absolute atomic E-state index is 13.3. The van der Waals surface area contributed by atoms with Crippen LogP contribution in [0.25, 0.3) is 0 Å². The van der Waals surface area contributed by atoms with Gasteiger partial charge < -0.3 is 4.74 Å². The number of carbonyl (C=O) groups excluding carboxylic acids is 2. The van der Waals surface area contributed by atoms with Crippen molar-refractivity contribution in [3.05, 3.63) is 0 Å². The summed E-state index contributed by atoms with van der Waals surface area (Å²) in [4.78, 5) is 28.4. The molecule has 0 aromatic carbocycles. The standard InChI is InChI=1S/C21H29NO3/c1-2-16(21-8-11-5-12(9-21)7-13(6-11)10-21)22-19(23)17-14-3-4-15(25-14)18(17)20(22)24/h11-18H,2-10H2,1H3/t11?,12?,13?,14-,15-,16-,17-,18+,21?/m1/s1. The number of ether oxygens (including phenoxy) is 1. The van der Waals surface area contributed by atoms with Crippen LogP contribution in [-0.4, -0.2) is 35.0 Å². The lowest BCUT2D eigenvalue weighted by atomic mass is 9.47. The Hall–Kier alpha value is -0.900. The lowest BCUT2D eigenvalue weighted by Crippen LogP contribution is -2.58. The van der Waals surface area contributed by atoms with E-state index in [1.807, 2.05) is 0 Å². The van der Waals surface area contributed by atoms with E-state index in [-0.39, 0.29) is 47.3 Å². The van der Waals surface area contributed by atoms with Gasteiger partial charge in [0.15, 0.2) is 0 Å². The van der Waals surface area contributed by atoms with Gasteiger partial charge in [-0.15, -0.1) is 0 Å². The first-order valence-electron chi connectivity index (χ1n) is 10.6. The van der Waals surface area contributed by atoms with Gasteiger partial charge in [0.1, 0.15) is 0 Å². The summed E-state index contributed by atoms with van der Waals surface area (Å²) >= 11 is 0. The Balaban J connectivity index is 1.36. The average Bonchev–Trinajstić information content (AvgIpc) is 3.23. The molecule has 4 nitrogen and oxygen atoms in total. The fourth-order valence-electron chi connectivity index (χ4n) is 8.52. The Bertz CT molecular complexity index is 580. The van der Waals surface area contributed by atoms with Gasteiger partial charge in [0, 0.05) is 6.04 Å². The van der Waals surface area contributed by atoms with Gasteiger partial charge in [0.2, 0.25) is 11.8 Å². The predicted octanol–water partition coefficient (Wildman–Crippen LogP) is 3.14. The molecule has 7 aliphatic rings. The molecule has 3 saturated heterocycles. The van der Waals surface area contributed by atoms with E-state index in [0.29, 0.717) is 0 Å². The molecule has 0 N–H and O–H groups in total. The number of hydrogen-bond donors (Lipinski definition) is 0. The first-order valence-corrected chi connectivity index (χ1v) is 10.6. The second-order valence-corrected chi connectivity index (χ2v) is 10.1. The summed E-state index contributed by atoms with van der Waals surface area (Å²) in [5.41, 5.74) is 0.230. The van der Waals surface area contributed by atoms with Gasteiger partial charge >= 0.3 is 0 Å². The minimum Gasteiger partial charge on any atom is -0.373 e. The maximum atomic E-state index is 13.3. The minimum atomic E-state index is -0.158. The van der Waals surface area contributed by atoms with Crippen LogP contribution < -0.4 is 0 Å². The molecule has 0 unspecified atom stereocenters. The van der Waals surface area contributed by atoms with Crippen LogP contribution in [0.3, 0.4) is 0 Å². The van der Waals surface area contributed by atoms with Crippen LogP contribution in [0.5, 0.6) is 0 Å². The fourth-order valence-corrected chi connectivity index (χ4v) is 8.52. The summed E-state index contributed by atoms with van der Waals surface area (Å²) in [6, 6.07) is 0.144. The Kier molecular flexibility index (Phi) is 2.96. The van der Waals surface area contributed by atoms with Crippen molar-refractivity contribution in [2.45, 2.75) is 83.0 Å². The Morgan fingerprint density at radius 1 is 0.960 bits per heavy atom. The first kappa shape index (κ1) is 15.2. The zero-order valence-corrected chi connectivity index (χ0v) is 15.2. The van der Waals surface area contributed by atoms with Crippen molar-refractivity contribution in [1.82, 2.24) is 4.90 Å². The number of likely N-dealkylation sites (tertiary alicyclic amines) is 1. The Morgan fingerprint density at radius 3 is 1.88 bits per heavy atom. The Morgan fingerprint density at radius 2 is 1.44 bits per heavy atom. The van der Waals surface area contributed by atoms with Gasteiger partial charge in [-0.25, -0.2) is 0 Å². The first-order chi connectivity index (χ1) is 12.1. The van der Waals surface area contributed by atoms with Gasteiger partial charge in [0.05, 0.1) is 24.0 Å². The molecule has 0 aromatic heterocycles. The molecule has 136 valence electrons. The number of hydrogen-bond acceptors (Lipinski definition) is 3. The van der Waals surface area contributed by atoms with E-state index >= 15 is 0 Å². The molecule has 7 fully saturated rings. The zero-order valence-electron chi connectivity index (χ0n) is 15.2. The highest BCUT2D eigenvalue weighted by Crippen LogP contribution is 2.63. The number of carbonyl (C=O) groups is 2. The van der Waals surface area contributed by atoms with Gasteiger partial charge in [-0.1, -0.05) is 6.92 Å². The van der Waals surface area contributed by atoms with Crippen molar-refractivity contribution in [2.24, 2.45) is 35.0 Å². The predicted molar refractivity (Wildman–Crippen MR) is 91.4 cm³/mol. The van der Waals surface area contributed by atoms with Crippen LogP contribution in [0, 0.1) is 35.0 Å². The maximum Gasteiger partial charge on any atom is 0.236 e. The van der Waals surface area contributed by atoms with Crippen LogP contribution in [0.15, 0.2) is 0 Å². The van der Waals surface area contributed by atoms with Gasteiger partial charge in [-0.2, -0.15) is 0 Å². The highest BCUT2D eigenvalue weighted by atomic mass is 16.5. The molecule has 7 rings (SSSR count). The van der Waals surface area contributed by atoms with E-state index in [4.69, 9.17) is 4.74 Å². The van der Waals surface area contributed by atoms with E-state index in [2.05, 4.69) is 6.92 Å². The largest absolute Gasteiger partial charge is 0.373 e. The lowest BCUT2D eigenvalue weighted by molar-refractivity contribution is -0.157. The van der Waals surface area contributed by atoms with Gasteiger partial charge in [-0.05, 0) is 81.0 Å². The van der Waals surface area contributed by atoms with Crippen LogP contribution in [0.2, 0.25) is 0 Å². The van der Waals surface area contributed by atoms with E-state index in [0.717, 1.165) is 37.0 Å². The van der Waals surface area contributed by atoms with Crippen molar-refractivity contribution >= 4 is 11.8 Å². The molecule has 5 atom stereocenters. The zero-order chi connectivity index (χ0) is 16.9. The smallest absolute Gasteiger partial charge is 0.236 e. The third-order valence-corrected chi connectivity index (χ3v) is 8.81. The monoisotopic (exact) mass is 343 g/mol. The SMILES string of the molecule is CC[C@@H](N1C(=O)[C@@H]2[C@H](C1=O)[C@H]1CC[C@H]2O1)C12CC3CC(CC(C3)C1)C2. The second-order valence-electron chi connectivity index (χ2n) is 10.1. The van der Waals surface area contributed by atoms with Crippen LogP contribution in [-0.2, 0) is 14.3 Å². The number of fused-ring (bicyclic) bond motifs is 5. The number of nitrogens with zero attached hydrogens (tertiary/aromatic N) is 1. The molecule has 4 saturated carbocycles. The molecule has 3 heterocycles. The Labute approximate surface area is 149 Å². The van der Waals surface area contributed by atoms with Crippen molar-refractivity contribution in [2.75, 3.05) is 0 Å². The summed E-state index contributed by atoms with van der Waals surface area (Å²) in [6.45, 7) is 2.20. The molecule has 0 spiro atoms.